The van der Waals surface area contributed by atoms with E-state index in [1.807, 2.05) is 24.3 Å². The molecule has 0 saturated heterocycles. The Labute approximate surface area is 150 Å². The van der Waals surface area contributed by atoms with Crippen LogP contribution in [0.4, 0.5) is 0 Å². The predicted octanol–water partition coefficient (Wildman–Crippen LogP) is 0.0699. The van der Waals surface area contributed by atoms with Crippen molar-refractivity contribution < 1.29 is 38.3 Å². The number of hydrogen-bond acceptors (Lipinski definition) is 2. The van der Waals surface area contributed by atoms with Gasteiger partial charge in [-0.15, -0.1) is 0 Å². The summed E-state index contributed by atoms with van der Waals surface area (Å²) in [7, 11) is 2.17. The van der Waals surface area contributed by atoms with E-state index in [4.69, 9.17) is 4.74 Å². The Hall–Kier alpha value is -0.850. The lowest BCUT2D eigenvalue weighted by Crippen LogP contribution is -3.00. The van der Waals surface area contributed by atoms with Gasteiger partial charge in [-0.05, 0) is 36.8 Å². The molecule has 0 saturated carbocycles. The van der Waals surface area contributed by atoms with Gasteiger partial charge in [0.05, 0.1) is 20.1 Å². The molecule has 0 spiro atoms. The monoisotopic (exact) mass is 415 g/mol. The molecular weight excluding hydrogens is 389 g/mol. The average Bonchev–Trinajstić information content (AvgIpc) is 2.52. The van der Waals surface area contributed by atoms with Crippen LogP contribution in [0.25, 0.3) is 10.8 Å². The normalized spacial score (nSPS) is 12.7. The zero-order valence-electron chi connectivity index (χ0n) is 13.6. The number of aliphatic hydroxyl groups excluding tert-OH is 1. The van der Waals surface area contributed by atoms with Gasteiger partial charge in [0.25, 0.3) is 0 Å². The number of quaternary nitrogens is 1. The highest BCUT2D eigenvalue weighted by Crippen LogP contribution is 2.20. The van der Waals surface area contributed by atoms with Gasteiger partial charge in [0, 0.05) is 0 Å². The lowest BCUT2D eigenvalue weighted by Gasteiger charge is -2.33. The number of rotatable bonds is 7. The summed E-state index contributed by atoms with van der Waals surface area (Å²) < 4.78 is 6.61. The molecule has 0 amide bonds. The van der Waals surface area contributed by atoms with Crippen molar-refractivity contribution in [1.29, 1.82) is 0 Å². The summed E-state index contributed by atoms with van der Waals surface area (Å²) in [6.45, 7) is 7.40. The standard InChI is InChI=1S/C18H26NO2.HI/c1-4-19(3,5-2)13-17(20)14-21-18-11-10-15-8-6-7-9-16(15)12-18;/h6-12,17,20H,4-5,13-14H2,1-3H3;1H/q+1;/p-1. The van der Waals surface area contributed by atoms with Crippen molar-refractivity contribution in [2.45, 2.75) is 20.0 Å². The Morgan fingerprint density at radius 1 is 1.05 bits per heavy atom. The second-order valence-corrected chi connectivity index (χ2v) is 5.91. The van der Waals surface area contributed by atoms with Gasteiger partial charge in [-0.1, -0.05) is 30.3 Å². The lowest BCUT2D eigenvalue weighted by atomic mass is 10.1. The van der Waals surface area contributed by atoms with Crippen LogP contribution in [-0.4, -0.2) is 49.0 Å². The van der Waals surface area contributed by atoms with Crippen LogP contribution in [0.3, 0.4) is 0 Å². The molecule has 0 bridgehead atoms. The number of ether oxygens (including phenoxy) is 1. The van der Waals surface area contributed by atoms with E-state index in [2.05, 4.69) is 39.1 Å². The van der Waals surface area contributed by atoms with Crippen molar-refractivity contribution in [1.82, 2.24) is 0 Å². The number of fused-ring (bicyclic) bond motifs is 1. The molecule has 0 heterocycles. The number of benzene rings is 2. The third-order valence-electron chi connectivity index (χ3n) is 4.34. The minimum atomic E-state index is -0.443. The van der Waals surface area contributed by atoms with E-state index in [1.165, 1.54) is 5.39 Å². The van der Waals surface area contributed by atoms with Gasteiger partial charge in [0.1, 0.15) is 25.0 Å². The number of nitrogens with zero attached hydrogens (tertiary/aromatic N) is 1. The summed E-state index contributed by atoms with van der Waals surface area (Å²) in [5.41, 5.74) is 0. The molecule has 0 aliphatic carbocycles. The van der Waals surface area contributed by atoms with Crippen molar-refractivity contribution in [2.24, 2.45) is 0 Å². The maximum Gasteiger partial charge on any atom is 0.137 e. The van der Waals surface area contributed by atoms with Gasteiger partial charge in [-0.3, -0.25) is 0 Å². The summed E-state index contributed by atoms with van der Waals surface area (Å²) >= 11 is 0. The first kappa shape index (κ1) is 19.2. The summed E-state index contributed by atoms with van der Waals surface area (Å²) in [5, 5.41) is 12.5. The van der Waals surface area contributed by atoms with E-state index in [0.29, 0.717) is 6.61 Å². The second kappa shape index (κ2) is 8.70. The molecule has 0 aromatic heterocycles. The molecule has 2 aromatic rings. The molecule has 0 aliphatic heterocycles. The van der Waals surface area contributed by atoms with Crippen LogP contribution in [-0.2, 0) is 0 Å². The number of hydrogen-bond donors (Lipinski definition) is 1. The molecule has 0 fully saturated rings. The molecule has 0 aliphatic rings. The van der Waals surface area contributed by atoms with Crippen LogP contribution in [0, 0.1) is 0 Å². The van der Waals surface area contributed by atoms with Crippen LogP contribution in [0.2, 0.25) is 0 Å². The first-order valence-electron chi connectivity index (χ1n) is 7.69. The lowest BCUT2D eigenvalue weighted by molar-refractivity contribution is -0.909. The van der Waals surface area contributed by atoms with Crippen LogP contribution >= 0.6 is 0 Å². The number of aliphatic hydroxyl groups is 1. The molecule has 22 heavy (non-hydrogen) atoms. The molecule has 3 nitrogen and oxygen atoms in total. The fraction of sp³-hybridized carbons (Fsp3) is 0.444. The Balaban J connectivity index is 0.00000242. The Morgan fingerprint density at radius 3 is 2.32 bits per heavy atom. The Morgan fingerprint density at radius 2 is 1.68 bits per heavy atom. The van der Waals surface area contributed by atoms with Crippen LogP contribution in [0.1, 0.15) is 13.8 Å². The van der Waals surface area contributed by atoms with Crippen molar-refractivity contribution in [3.63, 3.8) is 0 Å². The third-order valence-corrected chi connectivity index (χ3v) is 4.34. The zero-order chi connectivity index (χ0) is 15.3. The molecule has 122 valence electrons. The summed E-state index contributed by atoms with van der Waals surface area (Å²) in [6, 6.07) is 14.2. The molecule has 1 unspecified atom stereocenters. The third kappa shape index (κ3) is 5.11. The van der Waals surface area contributed by atoms with Gasteiger partial charge in [0.2, 0.25) is 0 Å². The zero-order valence-corrected chi connectivity index (χ0v) is 15.8. The average molecular weight is 415 g/mol. The fourth-order valence-electron chi connectivity index (χ4n) is 2.49. The minimum absolute atomic E-state index is 0. The van der Waals surface area contributed by atoms with Crippen molar-refractivity contribution in [3.8, 4) is 5.75 Å². The van der Waals surface area contributed by atoms with Gasteiger partial charge in [-0.2, -0.15) is 0 Å². The van der Waals surface area contributed by atoms with Crippen LogP contribution in [0.15, 0.2) is 42.5 Å². The molecule has 1 N–H and O–H groups in total. The van der Waals surface area contributed by atoms with E-state index < -0.39 is 6.10 Å². The quantitative estimate of drug-likeness (QED) is 0.513. The highest BCUT2D eigenvalue weighted by Gasteiger charge is 2.22. The number of likely N-dealkylation sites (N-methyl/N-ethyl adjacent to an activating group) is 1. The second-order valence-electron chi connectivity index (χ2n) is 5.91. The van der Waals surface area contributed by atoms with Crippen LogP contribution in [0.5, 0.6) is 5.75 Å². The van der Waals surface area contributed by atoms with E-state index in [9.17, 15) is 5.11 Å². The van der Waals surface area contributed by atoms with Crippen molar-refractivity contribution in [3.05, 3.63) is 42.5 Å². The molecule has 1 atom stereocenters. The van der Waals surface area contributed by atoms with Crippen LogP contribution < -0.4 is 28.7 Å². The molecule has 0 radical (unpaired) electrons. The molecule has 2 aromatic carbocycles. The highest BCUT2D eigenvalue weighted by atomic mass is 127. The Bertz CT molecular complexity index is 584. The first-order valence-corrected chi connectivity index (χ1v) is 7.69. The molecular formula is C18H26INO2. The van der Waals surface area contributed by atoms with Crippen molar-refractivity contribution >= 4 is 10.8 Å². The van der Waals surface area contributed by atoms with Gasteiger partial charge in [0.15, 0.2) is 0 Å². The first-order chi connectivity index (χ1) is 10.1. The Kier molecular flexibility index (Phi) is 7.59. The van der Waals surface area contributed by atoms with Gasteiger partial charge >= 0.3 is 0 Å². The van der Waals surface area contributed by atoms with Gasteiger partial charge in [-0.25, -0.2) is 0 Å². The van der Waals surface area contributed by atoms with E-state index in [-0.39, 0.29) is 24.0 Å². The predicted molar refractivity (Wildman–Crippen MR) is 87.6 cm³/mol. The van der Waals surface area contributed by atoms with E-state index in [1.54, 1.807) is 0 Å². The maximum absolute atomic E-state index is 10.2. The van der Waals surface area contributed by atoms with Crippen molar-refractivity contribution in [2.75, 3.05) is 33.3 Å². The topological polar surface area (TPSA) is 29.5 Å². The fourth-order valence-corrected chi connectivity index (χ4v) is 2.49. The van der Waals surface area contributed by atoms with E-state index in [0.717, 1.165) is 35.3 Å². The molecule has 2 rings (SSSR count). The largest absolute Gasteiger partial charge is 1.00 e. The van der Waals surface area contributed by atoms with Gasteiger partial charge < -0.3 is 38.3 Å². The SMILES string of the molecule is CC[N+](C)(CC)CC(O)COc1ccc2ccccc2c1.[I-]. The smallest absolute Gasteiger partial charge is 0.137 e. The molecule has 4 heteroatoms. The summed E-state index contributed by atoms with van der Waals surface area (Å²) in [6.07, 6.45) is -0.443. The minimum Gasteiger partial charge on any atom is -1.00 e. The highest BCUT2D eigenvalue weighted by molar-refractivity contribution is 5.83. The maximum atomic E-state index is 10.2. The van der Waals surface area contributed by atoms with E-state index >= 15 is 0 Å². The number of halogens is 1. The summed E-state index contributed by atoms with van der Waals surface area (Å²) in [4.78, 5) is 0. The summed E-state index contributed by atoms with van der Waals surface area (Å²) in [5.74, 6) is 0.815.